The highest BCUT2D eigenvalue weighted by molar-refractivity contribution is 5.90. The van der Waals surface area contributed by atoms with Crippen molar-refractivity contribution in [2.24, 2.45) is 0 Å². The van der Waals surface area contributed by atoms with Crippen molar-refractivity contribution in [3.8, 4) is 5.75 Å². The van der Waals surface area contributed by atoms with E-state index in [1.807, 2.05) is 24.3 Å². The first kappa shape index (κ1) is 15.1. The average molecular weight is 283 g/mol. The van der Waals surface area contributed by atoms with Crippen LogP contribution in [0.5, 0.6) is 5.75 Å². The van der Waals surface area contributed by atoms with Crippen LogP contribution in [0.15, 0.2) is 48.5 Å². The standard InChI is InChI=1S/C18H21NO2/c1-3-14-4-6-15(7-5-14)8-13-18(20)19-16-9-11-17(21-2)12-10-16/h4-7,9-12H,3,8,13H2,1-2H3,(H,19,20). The summed E-state index contributed by atoms with van der Waals surface area (Å²) in [7, 11) is 1.62. The summed E-state index contributed by atoms with van der Waals surface area (Å²) < 4.78 is 5.09. The summed E-state index contributed by atoms with van der Waals surface area (Å²) in [6.07, 6.45) is 2.28. The Kier molecular flexibility index (Phi) is 5.38. The van der Waals surface area contributed by atoms with Crippen molar-refractivity contribution in [2.75, 3.05) is 12.4 Å². The van der Waals surface area contributed by atoms with Crippen molar-refractivity contribution < 1.29 is 9.53 Å². The van der Waals surface area contributed by atoms with Gasteiger partial charge in [0.15, 0.2) is 0 Å². The van der Waals surface area contributed by atoms with Crippen LogP contribution in [-0.4, -0.2) is 13.0 Å². The van der Waals surface area contributed by atoms with Crippen molar-refractivity contribution >= 4 is 11.6 Å². The van der Waals surface area contributed by atoms with Gasteiger partial charge < -0.3 is 10.1 Å². The van der Waals surface area contributed by atoms with Crippen LogP contribution in [0.1, 0.15) is 24.5 Å². The zero-order valence-electron chi connectivity index (χ0n) is 12.6. The normalized spacial score (nSPS) is 10.2. The third-order valence-corrected chi connectivity index (χ3v) is 3.45. The van der Waals surface area contributed by atoms with Crippen LogP contribution < -0.4 is 10.1 Å². The molecule has 21 heavy (non-hydrogen) atoms. The molecule has 110 valence electrons. The largest absolute Gasteiger partial charge is 0.497 e. The third-order valence-electron chi connectivity index (χ3n) is 3.45. The van der Waals surface area contributed by atoms with Gasteiger partial charge in [-0.2, -0.15) is 0 Å². The van der Waals surface area contributed by atoms with E-state index in [0.717, 1.165) is 24.3 Å². The molecule has 2 aromatic rings. The molecule has 0 aliphatic heterocycles. The fraction of sp³-hybridized carbons (Fsp3) is 0.278. The van der Waals surface area contributed by atoms with Gasteiger partial charge in [-0.15, -0.1) is 0 Å². The Balaban J connectivity index is 1.83. The number of methoxy groups -OCH3 is 1. The van der Waals surface area contributed by atoms with Gasteiger partial charge in [0.25, 0.3) is 0 Å². The molecular weight excluding hydrogens is 262 g/mol. The molecule has 0 unspecified atom stereocenters. The van der Waals surface area contributed by atoms with Crippen LogP contribution in [-0.2, 0) is 17.6 Å². The number of rotatable bonds is 6. The second-order valence-electron chi connectivity index (χ2n) is 4.95. The van der Waals surface area contributed by atoms with E-state index in [-0.39, 0.29) is 5.91 Å². The maximum absolute atomic E-state index is 11.9. The Morgan fingerprint density at radius 1 is 1.00 bits per heavy atom. The van der Waals surface area contributed by atoms with Gasteiger partial charge in [-0.25, -0.2) is 0 Å². The van der Waals surface area contributed by atoms with E-state index in [1.54, 1.807) is 7.11 Å². The molecule has 1 N–H and O–H groups in total. The Morgan fingerprint density at radius 2 is 1.62 bits per heavy atom. The second-order valence-corrected chi connectivity index (χ2v) is 4.95. The first-order valence-corrected chi connectivity index (χ1v) is 7.23. The average Bonchev–Trinajstić information content (AvgIpc) is 2.54. The van der Waals surface area contributed by atoms with Gasteiger partial charge in [0.05, 0.1) is 7.11 Å². The molecule has 0 atom stereocenters. The van der Waals surface area contributed by atoms with Crippen LogP contribution in [0.4, 0.5) is 5.69 Å². The number of hydrogen-bond donors (Lipinski definition) is 1. The lowest BCUT2D eigenvalue weighted by Crippen LogP contribution is -2.12. The molecule has 1 amide bonds. The summed E-state index contributed by atoms with van der Waals surface area (Å²) in [4.78, 5) is 11.9. The lowest BCUT2D eigenvalue weighted by molar-refractivity contribution is -0.116. The minimum absolute atomic E-state index is 0.0275. The highest BCUT2D eigenvalue weighted by Gasteiger charge is 2.03. The van der Waals surface area contributed by atoms with Crippen LogP contribution >= 0.6 is 0 Å². The van der Waals surface area contributed by atoms with Crippen molar-refractivity contribution in [1.29, 1.82) is 0 Å². The van der Waals surface area contributed by atoms with E-state index >= 15 is 0 Å². The second kappa shape index (κ2) is 7.48. The van der Waals surface area contributed by atoms with Gasteiger partial charge in [0.2, 0.25) is 5.91 Å². The van der Waals surface area contributed by atoms with E-state index < -0.39 is 0 Å². The van der Waals surface area contributed by atoms with Crippen LogP contribution in [0.2, 0.25) is 0 Å². The van der Waals surface area contributed by atoms with Crippen molar-refractivity contribution in [3.63, 3.8) is 0 Å². The highest BCUT2D eigenvalue weighted by Crippen LogP contribution is 2.15. The number of benzene rings is 2. The van der Waals surface area contributed by atoms with Gasteiger partial charge in [-0.1, -0.05) is 31.2 Å². The van der Waals surface area contributed by atoms with E-state index in [9.17, 15) is 4.79 Å². The maximum atomic E-state index is 11.9. The molecule has 0 fully saturated rings. The first-order valence-electron chi connectivity index (χ1n) is 7.23. The molecule has 0 radical (unpaired) electrons. The zero-order valence-corrected chi connectivity index (χ0v) is 12.6. The molecular formula is C18H21NO2. The predicted octanol–water partition coefficient (Wildman–Crippen LogP) is 3.83. The highest BCUT2D eigenvalue weighted by atomic mass is 16.5. The van der Waals surface area contributed by atoms with Gasteiger partial charge in [-0.3, -0.25) is 4.79 Å². The van der Waals surface area contributed by atoms with Crippen molar-refractivity contribution in [3.05, 3.63) is 59.7 Å². The Morgan fingerprint density at radius 3 is 2.19 bits per heavy atom. The SMILES string of the molecule is CCc1ccc(CCC(=O)Nc2ccc(OC)cc2)cc1. The Hall–Kier alpha value is -2.29. The molecule has 3 nitrogen and oxygen atoms in total. The van der Waals surface area contributed by atoms with E-state index in [2.05, 4.69) is 36.5 Å². The summed E-state index contributed by atoms with van der Waals surface area (Å²) >= 11 is 0. The molecule has 2 aromatic carbocycles. The molecule has 0 aromatic heterocycles. The molecule has 0 saturated heterocycles. The summed E-state index contributed by atoms with van der Waals surface area (Å²) in [6.45, 7) is 2.14. The van der Waals surface area contributed by atoms with E-state index in [0.29, 0.717) is 6.42 Å². The number of nitrogens with one attached hydrogen (secondary N) is 1. The molecule has 0 saturated carbocycles. The van der Waals surface area contributed by atoms with Crippen LogP contribution in [0.3, 0.4) is 0 Å². The zero-order chi connectivity index (χ0) is 15.1. The number of hydrogen-bond acceptors (Lipinski definition) is 2. The van der Waals surface area contributed by atoms with E-state index in [1.165, 1.54) is 11.1 Å². The first-order chi connectivity index (χ1) is 10.2. The number of anilines is 1. The smallest absolute Gasteiger partial charge is 0.224 e. The Labute approximate surface area is 126 Å². The number of aryl methyl sites for hydroxylation is 2. The fourth-order valence-electron chi connectivity index (χ4n) is 2.10. The van der Waals surface area contributed by atoms with Gasteiger partial charge in [0.1, 0.15) is 5.75 Å². The predicted molar refractivity (Wildman–Crippen MR) is 85.8 cm³/mol. The number of amides is 1. The lowest BCUT2D eigenvalue weighted by atomic mass is 10.1. The summed E-state index contributed by atoms with van der Waals surface area (Å²) in [5.41, 5.74) is 3.31. The molecule has 3 heteroatoms. The van der Waals surface area contributed by atoms with Crippen molar-refractivity contribution in [1.82, 2.24) is 0 Å². The molecule has 0 aliphatic carbocycles. The minimum Gasteiger partial charge on any atom is -0.497 e. The lowest BCUT2D eigenvalue weighted by Gasteiger charge is -2.07. The molecule has 2 rings (SSSR count). The van der Waals surface area contributed by atoms with Gasteiger partial charge in [-0.05, 0) is 48.2 Å². The molecule has 0 spiro atoms. The molecule has 0 bridgehead atoms. The van der Waals surface area contributed by atoms with Crippen molar-refractivity contribution in [2.45, 2.75) is 26.2 Å². The van der Waals surface area contributed by atoms with E-state index in [4.69, 9.17) is 4.74 Å². The number of ether oxygens (including phenoxy) is 1. The fourth-order valence-corrected chi connectivity index (χ4v) is 2.10. The monoisotopic (exact) mass is 283 g/mol. The molecule has 0 aliphatic rings. The van der Waals surface area contributed by atoms with Crippen LogP contribution in [0.25, 0.3) is 0 Å². The topological polar surface area (TPSA) is 38.3 Å². The summed E-state index contributed by atoms with van der Waals surface area (Å²) in [6, 6.07) is 15.8. The third kappa shape index (κ3) is 4.63. The Bertz CT molecular complexity index is 573. The summed E-state index contributed by atoms with van der Waals surface area (Å²) in [5, 5.41) is 2.89. The summed E-state index contributed by atoms with van der Waals surface area (Å²) in [5.74, 6) is 0.809. The van der Waals surface area contributed by atoms with Gasteiger partial charge >= 0.3 is 0 Å². The number of carbonyl (C=O) groups is 1. The minimum atomic E-state index is 0.0275. The quantitative estimate of drug-likeness (QED) is 0.875. The maximum Gasteiger partial charge on any atom is 0.224 e. The van der Waals surface area contributed by atoms with Crippen LogP contribution in [0, 0.1) is 0 Å². The molecule has 0 heterocycles. The van der Waals surface area contributed by atoms with Gasteiger partial charge in [0, 0.05) is 12.1 Å². The number of carbonyl (C=O) groups excluding carboxylic acids is 1.